The van der Waals surface area contributed by atoms with E-state index in [9.17, 15) is 4.79 Å². The van der Waals surface area contributed by atoms with Crippen LogP contribution >= 0.6 is 11.3 Å². The van der Waals surface area contributed by atoms with Crippen LogP contribution in [0.3, 0.4) is 0 Å². The minimum absolute atomic E-state index is 0.146. The first-order valence-electron chi connectivity index (χ1n) is 7.30. The van der Waals surface area contributed by atoms with Gasteiger partial charge in [-0.1, -0.05) is 24.3 Å². The minimum Gasteiger partial charge on any atom is -0.444 e. The SMILES string of the molecule is C#Cc1ncsc1-c1ccc([C@H](C)NC(=O)OC(C)(C)C)cc1. The summed E-state index contributed by atoms with van der Waals surface area (Å²) in [4.78, 5) is 16.9. The summed E-state index contributed by atoms with van der Waals surface area (Å²) in [6, 6.07) is 7.76. The van der Waals surface area contributed by atoms with Crippen LogP contribution in [0.1, 0.15) is 45.0 Å². The molecule has 1 N–H and O–H groups in total. The molecule has 0 aliphatic rings. The zero-order chi connectivity index (χ0) is 17.0. The quantitative estimate of drug-likeness (QED) is 0.851. The Labute approximate surface area is 140 Å². The number of carbonyl (C=O) groups excluding carboxylic acids is 1. The molecule has 0 unspecified atom stereocenters. The van der Waals surface area contributed by atoms with Gasteiger partial charge in [0.15, 0.2) is 0 Å². The maximum absolute atomic E-state index is 11.8. The third kappa shape index (κ3) is 4.57. The molecule has 1 heterocycles. The van der Waals surface area contributed by atoms with Crippen LogP contribution in [0.5, 0.6) is 0 Å². The molecule has 1 aromatic heterocycles. The van der Waals surface area contributed by atoms with Gasteiger partial charge in [-0.2, -0.15) is 0 Å². The fourth-order valence-electron chi connectivity index (χ4n) is 2.04. The molecule has 0 aliphatic heterocycles. The van der Waals surface area contributed by atoms with Crippen molar-refractivity contribution in [2.75, 3.05) is 0 Å². The standard InChI is InChI=1S/C18H20N2O2S/c1-6-15-16(23-11-19-15)14-9-7-13(8-10-14)12(2)20-17(21)22-18(3,4)5/h1,7-12H,2-5H3,(H,20,21)/t12-/m0/s1. The van der Waals surface area contributed by atoms with Crippen molar-refractivity contribution in [1.29, 1.82) is 0 Å². The number of nitrogens with zero attached hydrogens (tertiary/aromatic N) is 1. The molecule has 0 aliphatic carbocycles. The highest BCUT2D eigenvalue weighted by molar-refractivity contribution is 7.13. The Hall–Kier alpha value is -2.32. The Morgan fingerprint density at radius 2 is 2.00 bits per heavy atom. The number of aromatic nitrogens is 1. The van der Waals surface area contributed by atoms with Gasteiger partial charge in [0.2, 0.25) is 0 Å². The van der Waals surface area contributed by atoms with E-state index in [1.54, 1.807) is 5.51 Å². The summed E-state index contributed by atoms with van der Waals surface area (Å²) in [6.45, 7) is 7.43. The third-order valence-corrected chi connectivity index (χ3v) is 3.99. The summed E-state index contributed by atoms with van der Waals surface area (Å²) in [5.41, 5.74) is 3.90. The molecule has 2 rings (SSSR count). The van der Waals surface area contributed by atoms with Crippen molar-refractivity contribution < 1.29 is 9.53 Å². The molecule has 1 aromatic carbocycles. The Morgan fingerprint density at radius 3 is 2.57 bits per heavy atom. The second kappa shape index (κ2) is 6.84. The van der Waals surface area contributed by atoms with Crippen molar-refractivity contribution in [2.24, 2.45) is 0 Å². The molecule has 4 nitrogen and oxygen atoms in total. The molecule has 23 heavy (non-hydrogen) atoms. The van der Waals surface area contributed by atoms with Gasteiger partial charge in [0.05, 0.1) is 16.4 Å². The molecule has 0 radical (unpaired) electrons. The third-order valence-electron chi connectivity index (χ3n) is 3.11. The average molecular weight is 328 g/mol. The normalized spacial score (nSPS) is 12.3. The number of ether oxygens (including phenoxy) is 1. The van der Waals surface area contributed by atoms with Gasteiger partial charge >= 0.3 is 6.09 Å². The Morgan fingerprint density at radius 1 is 1.35 bits per heavy atom. The van der Waals surface area contributed by atoms with Crippen molar-refractivity contribution in [3.63, 3.8) is 0 Å². The summed E-state index contributed by atoms with van der Waals surface area (Å²) >= 11 is 1.52. The number of hydrogen-bond donors (Lipinski definition) is 1. The van der Waals surface area contributed by atoms with Crippen LogP contribution in [0.15, 0.2) is 29.8 Å². The Bertz CT molecular complexity index is 721. The summed E-state index contributed by atoms with van der Waals surface area (Å²) in [5.74, 6) is 2.58. The number of hydrogen-bond acceptors (Lipinski definition) is 4. The van der Waals surface area contributed by atoms with Gasteiger partial charge in [-0.05, 0) is 44.7 Å². The first-order chi connectivity index (χ1) is 10.8. The second-order valence-corrected chi connectivity index (χ2v) is 7.02. The smallest absolute Gasteiger partial charge is 0.408 e. The molecule has 0 bridgehead atoms. The van der Waals surface area contributed by atoms with Gasteiger partial charge < -0.3 is 10.1 Å². The van der Waals surface area contributed by atoms with E-state index in [1.165, 1.54) is 11.3 Å². The lowest BCUT2D eigenvalue weighted by Crippen LogP contribution is -2.34. The number of amides is 1. The van der Waals surface area contributed by atoms with Gasteiger partial charge in [-0.25, -0.2) is 9.78 Å². The van der Waals surface area contributed by atoms with Gasteiger partial charge in [-0.3, -0.25) is 0 Å². The van der Waals surface area contributed by atoms with Crippen LogP contribution in [0.2, 0.25) is 0 Å². The average Bonchev–Trinajstić information content (AvgIpc) is 2.93. The van der Waals surface area contributed by atoms with Crippen LogP contribution in [-0.2, 0) is 4.74 Å². The molecule has 0 saturated heterocycles. The predicted octanol–water partition coefficient (Wildman–Crippen LogP) is 4.38. The lowest BCUT2D eigenvalue weighted by molar-refractivity contribution is 0.0508. The van der Waals surface area contributed by atoms with Gasteiger partial charge in [0.25, 0.3) is 0 Å². The van der Waals surface area contributed by atoms with Crippen molar-refractivity contribution in [3.05, 3.63) is 41.0 Å². The summed E-state index contributed by atoms with van der Waals surface area (Å²) in [5, 5.41) is 2.83. The number of rotatable bonds is 3. The maximum Gasteiger partial charge on any atom is 0.408 e. The van der Waals surface area contributed by atoms with Crippen molar-refractivity contribution >= 4 is 17.4 Å². The van der Waals surface area contributed by atoms with E-state index in [-0.39, 0.29) is 6.04 Å². The van der Waals surface area contributed by atoms with Crippen LogP contribution in [0.4, 0.5) is 4.79 Å². The number of carbonyl (C=O) groups is 1. The topological polar surface area (TPSA) is 51.2 Å². The lowest BCUT2D eigenvalue weighted by Gasteiger charge is -2.22. The van der Waals surface area contributed by atoms with Gasteiger partial charge in [-0.15, -0.1) is 17.8 Å². The number of nitrogens with one attached hydrogen (secondary N) is 1. The van der Waals surface area contributed by atoms with Gasteiger partial charge in [0.1, 0.15) is 11.3 Å². The Balaban J connectivity index is 2.08. The number of terminal acetylenes is 1. The fraction of sp³-hybridized carbons (Fsp3) is 0.333. The molecule has 5 heteroatoms. The van der Waals surface area contributed by atoms with E-state index in [4.69, 9.17) is 11.2 Å². The predicted molar refractivity (Wildman–Crippen MR) is 93.3 cm³/mol. The summed E-state index contributed by atoms with van der Waals surface area (Å²) in [6.07, 6.45) is 5.02. The first-order valence-corrected chi connectivity index (χ1v) is 8.18. The largest absolute Gasteiger partial charge is 0.444 e. The molecule has 2 aromatic rings. The molecule has 0 fully saturated rings. The molecular weight excluding hydrogens is 308 g/mol. The van der Waals surface area contributed by atoms with Gasteiger partial charge in [0, 0.05) is 0 Å². The number of thiazole rings is 1. The minimum atomic E-state index is -0.508. The lowest BCUT2D eigenvalue weighted by atomic mass is 10.0. The van der Waals surface area contributed by atoms with E-state index in [2.05, 4.69) is 16.2 Å². The molecule has 0 spiro atoms. The first kappa shape index (κ1) is 17.0. The number of benzene rings is 1. The highest BCUT2D eigenvalue weighted by Gasteiger charge is 2.18. The number of alkyl carbamates (subject to hydrolysis) is 1. The highest BCUT2D eigenvalue weighted by Crippen LogP contribution is 2.28. The molecule has 0 saturated carbocycles. The van der Waals surface area contributed by atoms with E-state index in [0.717, 1.165) is 16.0 Å². The summed E-state index contributed by atoms with van der Waals surface area (Å²) < 4.78 is 5.26. The molecular formula is C18H20N2O2S. The van der Waals surface area contributed by atoms with Crippen LogP contribution in [-0.4, -0.2) is 16.7 Å². The van der Waals surface area contributed by atoms with Crippen molar-refractivity contribution in [2.45, 2.75) is 39.3 Å². The molecule has 1 amide bonds. The molecule has 1 atom stereocenters. The van der Waals surface area contributed by atoms with E-state index < -0.39 is 11.7 Å². The highest BCUT2D eigenvalue weighted by atomic mass is 32.1. The van der Waals surface area contributed by atoms with E-state index >= 15 is 0 Å². The van der Waals surface area contributed by atoms with Crippen LogP contribution in [0.25, 0.3) is 10.4 Å². The monoisotopic (exact) mass is 328 g/mol. The van der Waals surface area contributed by atoms with E-state index in [1.807, 2.05) is 52.0 Å². The molecule has 120 valence electrons. The second-order valence-electron chi connectivity index (χ2n) is 6.16. The maximum atomic E-state index is 11.8. The Kier molecular flexibility index (Phi) is 5.07. The van der Waals surface area contributed by atoms with Crippen LogP contribution in [0, 0.1) is 12.3 Å². The van der Waals surface area contributed by atoms with Crippen molar-refractivity contribution in [1.82, 2.24) is 10.3 Å². The van der Waals surface area contributed by atoms with E-state index in [0.29, 0.717) is 5.69 Å². The summed E-state index contributed by atoms with van der Waals surface area (Å²) in [7, 11) is 0. The van der Waals surface area contributed by atoms with Crippen LogP contribution < -0.4 is 5.32 Å². The zero-order valence-electron chi connectivity index (χ0n) is 13.7. The van der Waals surface area contributed by atoms with Crippen molar-refractivity contribution in [3.8, 4) is 22.8 Å². The fourth-order valence-corrected chi connectivity index (χ4v) is 2.80. The zero-order valence-corrected chi connectivity index (χ0v) is 14.5.